The molecule has 0 bridgehead atoms. The molecule has 0 aliphatic heterocycles. The third-order valence-electron chi connectivity index (χ3n) is 3.69. The molecule has 100 valence electrons. The molecule has 4 rings (SSSR count). The summed E-state index contributed by atoms with van der Waals surface area (Å²) in [6.45, 7) is 6.67. The third kappa shape index (κ3) is 1.36. The summed E-state index contributed by atoms with van der Waals surface area (Å²) in [5, 5.41) is 1.20. The van der Waals surface area contributed by atoms with Crippen molar-refractivity contribution >= 4 is 27.7 Å². The van der Waals surface area contributed by atoms with Crippen LogP contribution < -0.4 is 0 Å². The van der Waals surface area contributed by atoms with E-state index >= 15 is 0 Å². The van der Waals surface area contributed by atoms with Crippen molar-refractivity contribution in [2.45, 2.75) is 26.3 Å². The van der Waals surface area contributed by atoms with Crippen molar-refractivity contribution < 1.29 is 0 Å². The van der Waals surface area contributed by atoms with Gasteiger partial charge in [-0.3, -0.25) is 9.38 Å². The minimum Gasteiger partial charge on any atom is -0.320 e. The smallest absolute Gasteiger partial charge is 0.157 e. The molecule has 4 heteroatoms. The van der Waals surface area contributed by atoms with Crippen LogP contribution >= 0.6 is 0 Å². The molecule has 0 atom stereocenters. The number of rotatable bonds is 0. The van der Waals surface area contributed by atoms with E-state index in [1.807, 2.05) is 12.4 Å². The molecule has 0 amide bonds. The van der Waals surface area contributed by atoms with E-state index in [0.29, 0.717) is 0 Å². The van der Waals surface area contributed by atoms with Gasteiger partial charge in [-0.2, -0.15) is 0 Å². The first-order valence-electron chi connectivity index (χ1n) is 6.79. The summed E-state index contributed by atoms with van der Waals surface area (Å²) in [7, 11) is 0. The molecule has 20 heavy (non-hydrogen) atoms. The van der Waals surface area contributed by atoms with Crippen molar-refractivity contribution in [3.63, 3.8) is 0 Å². The number of nitrogens with zero attached hydrogens (tertiary/aromatic N) is 4. The van der Waals surface area contributed by atoms with Gasteiger partial charge >= 0.3 is 0 Å². The van der Waals surface area contributed by atoms with Crippen LogP contribution in [0.15, 0.2) is 42.9 Å². The highest BCUT2D eigenvalue weighted by Crippen LogP contribution is 2.33. The van der Waals surface area contributed by atoms with E-state index in [9.17, 15) is 0 Å². The van der Waals surface area contributed by atoms with E-state index in [1.165, 1.54) is 10.9 Å². The van der Waals surface area contributed by atoms with E-state index in [1.54, 1.807) is 6.20 Å². The molecule has 0 N–H and O–H groups in total. The molecule has 0 saturated heterocycles. The highest BCUT2D eigenvalue weighted by atomic mass is 15.2. The largest absolute Gasteiger partial charge is 0.320 e. The van der Waals surface area contributed by atoms with Gasteiger partial charge in [0.25, 0.3) is 0 Å². The highest BCUT2D eigenvalue weighted by molar-refractivity contribution is 6.06. The molecule has 1 aromatic carbocycles. The summed E-state index contributed by atoms with van der Waals surface area (Å²) in [5.74, 6) is 0. The fourth-order valence-corrected chi connectivity index (χ4v) is 2.95. The summed E-state index contributed by atoms with van der Waals surface area (Å²) in [4.78, 5) is 8.92. The summed E-state index contributed by atoms with van der Waals surface area (Å²) < 4.78 is 4.48. The molecule has 0 aliphatic carbocycles. The molecule has 3 aromatic heterocycles. The van der Waals surface area contributed by atoms with Crippen LogP contribution in [0.3, 0.4) is 0 Å². The van der Waals surface area contributed by atoms with Crippen molar-refractivity contribution in [1.82, 2.24) is 18.9 Å². The maximum absolute atomic E-state index is 4.76. The predicted molar refractivity (Wildman–Crippen MR) is 81.0 cm³/mol. The second-order valence-electron chi connectivity index (χ2n) is 6.11. The lowest BCUT2D eigenvalue weighted by atomic mass is 10.1. The van der Waals surface area contributed by atoms with Crippen LogP contribution in [0.25, 0.3) is 27.7 Å². The van der Waals surface area contributed by atoms with E-state index < -0.39 is 0 Å². The zero-order chi connectivity index (χ0) is 13.9. The van der Waals surface area contributed by atoms with Crippen LogP contribution in [0.5, 0.6) is 0 Å². The van der Waals surface area contributed by atoms with Gasteiger partial charge in [0.05, 0.1) is 11.7 Å². The molecule has 0 radical (unpaired) electrons. The van der Waals surface area contributed by atoms with Crippen molar-refractivity contribution in [2.75, 3.05) is 0 Å². The fraction of sp³-hybridized carbons (Fsp3) is 0.250. The first-order chi connectivity index (χ1) is 9.57. The van der Waals surface area contributed by atoms with Gasteiger partial charge in [-0.15, -0.1) is 0 Å². The Kier molecular flexibility index (Phi) is 2.06. The summed E-state index contributed by atoms with van der Waals surface area (Å²) >= 11 is 0. The van der Waals surface area contributed by atoms with Crippen LogP contribution in [0.2, 0.25) is 0 Å². The second-order valence-corrected chi connectivity index (χ2v) is 6.11. The van der Waals surface area contributed by atoms with Gasteiger partial charge in [0.1, 0.15) is 11.2 Å². The van der Waals surface area contributed by atoms with Gasteiger partial charge in [0.2, 0.25) is 0 Å². The summed E-state index contributed by atoms with van der Waals surface area (Å²) in [6.07, 6.45) is 5.59. The molecule has 4 nitrogen and oxygen atoms in total. The standard InChI is InChI=1S/C16H16N4/c1-16(2,3)20-12-7-5-4-6-11(12)14-15(20)19-9-8-17-10-13(19)18-14/h4-10H,1-3H3. The maximum atomic E-state index is 4.76. The molecule has 0 aliphatic rings. The monoisotopic (exact) mass is 264 g/mol. The van der Waals surface area contributed by atoms with E-state index in [-0.39, 0.29) is 5.54 Å². The third-order valence-corrected chi connectivity index (χ3v) is 3.69. The Morgan fingerprint density at radius 2 is 1.90 bits per heavy atom. The Morgan fingerprint density at radius 3 is 2.70 bits per heavy atom. The van der Waals surface area contributed by atoms with E-state index in [4.69, 9.17) is 4.98 Å². The lowest BCUT2D eigenvalue weighted by Gasteiger charge is -2.23. The van der Waals surface area contributed by atoms with Crippen LogP contribution in [-0.2, 0) is 5.54 Å². The molecule has 0 unspecified atom stereocenters. The number of fused-ring (bicyclic) bond motifs is 5. The minimum atomic E-state index is -0.0133. The first kappa shape index (κ1) is 11.5. The van der Waals surface area contributed by atoms with Crippen LogP contribution in [0.1, 0.15) is 20.8 Å². The average Bonchev–Trinajstić information content (AvgIpc) is 2.92. The first-order valence-corrected chi connectivity index (χ1v) is 6.79. The van der Waals surface area contributed by atoms with E-state index in [2.05, 4.69) is 59.0 Å². The average molecular weight is 264 g/mol. The lowest BCUT2D eigenvalue weighted by molar-refractivity contribution is 0.420. The number of benzene rings is 1. The zero-order valence-electron chi connectivity index (χ0n) is 11.8. The van der Waals surface area contributed by atoms with Gasteiger partial charge in [0.15, 0.2) is 5.65 Å². The number of aromatic nitrogens is 4. The maximum Gasteiger partial charge on any atom is 0.157 e. The minimum absolute atomic E-state index is 0.0133. The van der Waals surface area contributed by atoms with Crippen LogP contribution in [0.4, 0.5) is 0 Å². The topological polar surface area (TPSA) is 35.1 Å². The number of hydrogen-bond donors (Lipinski definition) is 0. The van der Waals surface area contributed by atoms with Crippen molar-refractivity contribution in [3.8, 4) is 0 Å². The number of hydrogen-bond acceptors (Lipinski definition) is 2. The molecule has 4 aromatic rings. The Balaban J connectivity index is 2.35. The highest BCUT2D eigenvalue weighted by Gasteiger charge is 2.23. The predicted octanol–water partition coefficient (Wildman–Crippen LogP) is 3.59. The SMILES string of the molecule is CC(C)(C)n1c2ccccc2c2nc3cnccn3c21. The quantitative estimate of drug-likeness (QED) is 0.486. The molecule has 0 spiro atoms. The van der Waals surface area contributed by atoms with Gasteiger partial charge in [-0.1, -0.05) is 18.2 Å². The van der Waals surface area contributed by atoms with Gasteiger partial charge in [-0.25, -0.2) is 4.98 Å². The Bertz CT molecular complexity index is 931. The van der Waals surface area contributed by atoms with Crippen LogP contribution in [-0.4, -0.2) is 18.9 Å². The molecule has 0 fully saturated rings. The molecular weight excluding hydrogens is 248 g/mol. The zero-order valence-corrected chi connectivity index (χ0v) is 11.8. The molecule has 3 heterocycles. The van der Waals surface area contributed by atoms with Gasteiger partial charge in [-0.05, 0) is 26.8 Å². The van der Waals surface area contributed by atoms with Crippen molar-refractivity contribution in [3.05, 3.63) is 42.9 Å². The van der Waals surface area contributed by atoms with Gasteiger partial charge < -0.3 is 4.57 Å². The number of para-hydroxylation sites is 1. The normalized spacial score (nSPS) is 12.8. The lowest BCUT2D eigenvalue weighted by Crippen LogP contribution is -2.22. The Labute approximate surface area is 116 Å². The summed E-state index contributed by atoms with van der Waals surface area (Å²) in [6, 6.07) is 8.45. The van der Waals surface area contributed by atoms with Crippen molar-refractivity contribution in [1.29, 1.82) is 0 Å². The molecular formula is C16H16N4. The van der Waals surface area contributed by atoms with Crippen molar-refractivity contribution in [2.24, 2.45) is 0 Å². The fourth-order valence-electron chi connectivity index (χ4n) is 2.95. The van der Waals surface area contributed by atoms with Gasteiger partial charge in [0, 0.05) is 23.3 Å². The van der Waals surface area contributed by atoms with E-state index in [0.717, 1.165) is 16.8 Å². The van der Waals surface area contributed by atoms with Crippen LogP contribution in [0, 0.1) is 0 Å². The number of imidazole rings is 1. The Hall–Kier alpha value is -2.36. The second kappa shape index (κ2) is 3.60. The Morgan fingerprint density at radius 1 is 1.10 bits per heavy atom. The molecule has 0 saturated carbocycles. The summed E-state index contributed by atoms with van der Waals surface area (Å²) in [5.41, 5.74) is 4.28.